The topological polar surface area (TPSA) is 63.2 Å². The van der Waals surface area contributed by atoms with Gasteiger partial charge in [-0.3, -0.25) is 4.79 Å². The molecule has 3 rings (SSSR count). The van der Waals surface area contributed by atoms with Crippen molar-refractivity contribution in [2.75, 3.05) is 5.75 Å². The van der Waals surface area contributed by atoms with Gasteiger partial charge in [0.05, 0.1) is 23.1 Å². The van der Waals surface area contributed by atoms with Crippen molar-refractivity contribution in [3.8, 4) is 0 Å². The summed E-state index contributed by atoms with van der Waals surface area (Å²) < 4.78 is 24.1. The Morgan fingerprint density at radius 2 is 2.10 bits per heavy atom. The summed E-state index contributed by atoms with van der Waals surface area (Å²) in [5.41, 5.74) is 1.68. The van der Waals surface area contributed by atoms with Crippen LogP contribution >= 0.6 is 11.3 Å². The maximum absolute atomic E-state index is 12.1. The molecule has 0 saturated carbocycles. The minimum atomic E-state index is -3.21. The first-order chi connectivity index (χ1) is 10.1. The van der Waals surface area contributed by atoms with Crippen LogP contribution in [0.1, 0.15) is 23.6 Å². The summed E-state index contributed by atoms with van der Waals surface area (Å²) in [6, 6.07) is 8.60. The standard InChI is InChI=1S/C15H15NO3S2/c17-15(9-11-5-7-20-10-11)16-13-6-8-21(18,19)14-4-2-1-3-12(13)14/h1-5,7,10,13H,6,8-9H2,(H,16,17)/t13-/m1/s1. The number of hydrogen-bond acceptors (Lipinski definition) is 4. The van der Waals surface area contributed by atoms with Gasteiger partial charge in [-0.1, -0.05) is 18.2 Å². The molecule has 0 bridgehead atoms. The molecule has 0 spiro atoms. The molecular formula is C15H15NO3S2. The second kappa shape index (κ2) is 5.61. The van der Waals surface area contributed by atoms with E-state index < -0.39 is 9.84 Å². The lowest BCUT2D eigenvalue weighted by Crippen LogP contribution is -2.34. The quantitative estimate of drug-likeness (QED) is 0.943. The van der Waals surface area contributed by atoms with Gasteiger partial charge in [-0.2, -0.15) is 11.3 Å². The highest BCUT2D eigenvalue weighted by Crippen LogP contribution is 2.31. The molecule has 1 N–H and O–H groups in total. The third kappa shape index (κ3) is 3.01. The van der Waals surface area contributed by atoms with Gasteiger partial charge in [0.25, 0.3) is 0 Å². The maximum Gasteiger partial charge on any atom is 0.224 e. The molecule has 0 radical (unpaired) electrons. The van der Waals surface area contributed by atoms with Gasteiger partial charge in [-0.25, -0.2) is 8.42 Å². The molecule has 1 aromatic carbocycles. The van der Waals surface area contributed by atoms with Crippen LogP contribution in [0.25, 0.3) is 0 Å². The first-order valence-corrected chi connectivity index (χ1v) is 9.28. The van der Waals surface area contributed by atoms with E-state index in [0.717, 1.165) is 5.56 Å². The summed E-state index contributed by atoms with van der Waals surface area (Å²) in [5.74, 6) is 0.000409. The second-order valence-corrected chi connectivity index (χ2v) is 7.93. The Morgan fingerprint density at radius 1 is 1.29 bits per heavy atom. The molecule has 0 saturated heterocycles. The number of thiophene rings is 1. The number of sulfone groups is 1. The number of benzene rings is 1. The third-order valence-electron chi connectivity index (χ3n) is 3.58. The van der Waals surface area contributed by atoms with Gasteiger partial charge in [0, 0.05) is 0 Å². The van der Waals surface area contributed by atoms with Gasteiger partial charge in [-0.05, 0) is 40.4 Å². The van der Waals surface area contributed by atoms with E-state index in [4.69, 9.17) is 0 Å². The summed E-state index contributed by atoms with van der Waals surface area (Å²) >= 11 is 1.56. The fourth-order valence-electron chi connectivity index (χ4n) is 2.56. The molecule has 6 heteroatoms. The van der Waals surface area contributed by atoms with Crippen molar-refractivity contribution in [3.63, 3.8) is 0 Å². The van der Waals surface area contributed by atoms with E-state index in [1.54, 1.807) is 35.6 Å². The Labute approximate surface area is 127 Å². The van der Waals surface area contributed by atoms with E-state index in [1.165, 1.54) is 0 Å². The maximum atomic E-state index is 12.1. The molecule has 1 aliphatic rings. The molecule has 4 nitrogen and oxygen atoms in total. The van der Waals surface area contributed by atoms with E-state index in [9.17, 15) is 13.2 Å². The van der Waals surface area contributed by atoms with Crippen molar-refractivity contribution in [2.45, 2.75) is 23.8 Å². The van der Waals surface area contributed by atoms with E-state index in [1.807, 2.05) is 16.8 Å². The Kier molecular flexibility index (Phi) is 3.82. The van der Waals surface area contributed by atoms with Crippen LogP contribution < -0.4 is 5.32 Å². The van der Waals surface area contributed by atoms with E-state index in [-0.39, 0.29) is 17.7 Å². The number of amides is 1. The minimum Gasteiger partial charge on any atom is -0.349 e. The van der Waals surface area contributed by atoms with Crippen molar-refractivity contribution in [3.05, 3.63) is 52.2 Å². The number of rotatable bonds is 3. The first-order valence-electron chi connectivity index (χ1n) is 6.68. The molecule has 0 unspecified atom stereocenters. The predicted molar refractivity (Wildman–Crippen MR) is 82.0 cm³/mol. The average Bonchev–Trinajstić information content (AvgIpc) is 2.95. The zero-order valence-electron chi connectivity index (χ0n) is 11.3. The van der Waals surface area contributed by atoms with E-state index >= 15 is 0 Å². The van der Waals surface area contributed by atoms with Gasteiger partial charge in [0.15, 0.2) is 9.84 Å². The van der Waals surface area contributed by atoms with Crippen LogP contribution in [-0.4, -0.2) is 20.1 Å². The molecule has 1 amide bonds. The second-order valence-electron chi connectivity index (χ2n) is 5.07. The molecule has 21 heavy (non-hydrogen) atoms. The number of hydrogen-bond donors (Lipinski definition) is 1. The summed E-state index contributed by atoms with van der Waals surface area (Å²) in [5, 5.41) is 6.83. The lowest BCUT2D eigenvalue weighted by molar-refractivity contribution is -0.121. The molecular weight excluding hydrogens is 306 g/mol. The van der Waals surface area contributed by atoms with E-state index in [2.05, 4.69) is 5.32 Å². The highest BCUT2D eigenvalue weighted by molar-refractivity contribution is 7.91. The third-order valence-corrected chi connectivity index (χ3v) is 6.13. The Hall–Kier alpha value is -1.66. The van der Waals surface area contributed by atoms with Crippen LogP contribution in [0.2, 0.25) is 0 Å². The van der Waals surface area contributed by atoms with Gasteiger partial charge >= 0.3 is 0 Å². The number of nitrogens with one attached hydrogen (secondary N) is 1. The Morgan fingerprint density at radius 3 is 2.86 bits per heavy atom. The lowest BCUT2D eigenvalue weighted by Gasteiger charge is -2.26. The van der Waals surface area contributed by atoms with Crippen molar-refractivity contribution < 1.29 is 13.2 Å². The highest BCUT2D eigenvalue weighted by atomic mass is 32.2. The van der Waals surface area contributed by atoms with Crippen LogP contribution in [0.3, 0.4) is 0 Å². The van der Waals surface area contributed by atoms with Gasteiger partial charge in [0.2, 0.25) is 5.91 Å². The van der Waals surface area contributed by atoms with E-state index in [0.29, 0.717) is 23.3 Å². The van der Waals surface area contributed by atoms with Crippen LogP contribution in [0.5, 0.6) is 0 Å². The summed E-state index contributed by atoms with van der Waals surface area (Å²) in [7, 11) is -3.21. The zero-order chi connectivity index (χ0) is 14.9. The summed E-state index contributed by atoms with van der Waals surface area (Å²) in [6.07, 6.45) is 0.754. The molecule has 2 aromatic rings. The smallest absolute Gasteiger partial charge is 0.224 e. The Balaban J connectivity index is 1.79. The van der Waals surface area contributed by atoms with Gasteiger partial charge in [0.1, 0.15) is 0 Å². The molecule has 1 atom stereocenters. The highest BCUT2D eigenvalue weighted by Gasteiger charge is 2.30. The SMILES string of the molecule is O=C(Cc1ccsc1)N[C@@H]1CCS(=O)(=O)c2ccccc21. The summed E-state index contributed by atoms with van der Waals surface area (Å²) in [6.45, 7) is 0. The molecule has 0 aliphatic carbocycles. The number of fused-ring (bicyclic) bond motifs is 1. The van der Waals surface area contributed by atoms with Crippen molar-refractivity contribution in [1.29, 1.82) is 0 Å². The van der Waals surface area contributed by atoms with Crippen LogP contribution in [0.15, 0.2) is 46.0 Å². The molecule has 1 aromatic heterocycles. The summed E-state index contributed by atoms with van der Waals surface area (Å²) in [4.78, 5) is 12.4. The van der Waals surface area contributed by atoms with Crippen LogP contribution in [-0.2, 0) is 21.1 Å². The average molecular weight is 321 g/mol. The fourth-order valence-corrected chi connectivity index (χ4v) is 4.85. The Bertz CT molecular complexity index is 751. The fraction of sp³-hybridized carbons (Fsp3) is 0.267. The monoisotopic (exact) mass is 321 g/mol. The van der Waals surface area contributed by atoms with Crippen molar-refractivity contribution in [1.82, 2.24) is 5.32 Å². The van der Waals surface area contributed by atoms with Gasteiger partial charge in [-0.15, -0.1) is 0 Å². The normalized spacial score (nSPS) is 19.7. The molecule has 1 aliphatic heterocycles. The molecule has 110 valence electrons. The first kappa shape index (κ1) is 14.3. The van der Waals surface area contributed by atoms with Crippen LogP contribution in [0.4, 0.5) is 0 Å². The van der Waals surface area contributed by atoms with Gasteiger partial charge < -0.3 is 5.32 Å². The number of carbonyl (C=O) groups excluding carboxylic acids is 1. The minimum absolute atomic E-state index is 0.0764. The predicted octanol–water partition coefficient (Wildman–Crippen LogP) is 2.33. The van der Waals surface area contributed by atoms with Crippen molar-refractivity contribution >= 4 is 27.1 Å². The number of carbonyl (C=O) groups is 1. The van der Waals surface area contributed by atoms with Crippen molar-refractivity contribution in [2.24, 2.45) is 0 Å². The zero-order valence-corrected chi connectivity index (χ0v) is 12.9. The van der Waals surface area contributed by atoms with Crippen LogP contribution in [0, 0.1) is 0 Å². The lowest BCUT2D eigenvalue weighted by atomic mass is 10.0. The largest absolute Gasteiger partial charge is 0.349 e. The molecule has 2 heterocycles. The molecule has 0 fully saturated rings.